The Morgan fingerprint density at radius 3 is 2.79 bits per heavy atom. The molecule has 2 atom stereocenters. The molecule has 1 fully saturated rings. The second-order valence-electron chi connectivity index (χ2n) is 6.73. The van der Waals surface area contributed by atoms with E-state index in [-0.39, 0.29) is 12.1 Å². The molecule has 3 rings (SSSR count). The van der Waals surface area contributed by atoms with Crippen LogP contribution in [0.2, 0.25) is 0 Å². The van der Waals surface area contributed by atoms with Gasteiger partial charge in [0.15, 0.2) is 0 Å². The fourth-order valence-electron chi connectivity index (χ4n) is 3.76. The molecule has 1 saturated heterocycles. The van der Waals surface area contributed by atoms with Crippen molar-refractivity contribution in [1.82, 2.24) is 9.88 Å². The van der Waals surface area contributed by atoms with Crippen molar-refractivity contribution in [2.45, 2.75) is 57.7 Å². The van der Waals surface area contributed by atoms with E-state index in [9.17, 15) is 5.11 Å². The topological polar surface area (TPSA) is 36.4 Å². The smallest absolute Gasteiger partial charge is 0.0696 e. The summed E-state index contributed by atoms with van der Waals surface area (Å²) >= 11 is 0. The Morgan fingerprint density at radius 1 is 1.17 bits per heavy atom. The van der Waals surface area contributed by atoms with E-state index in [2.05, 4.69) is 53.2 Å². The van der Waals surface area contributed by atoms with Gasteiger partial charge in [0.1, 0.15) is 0 Å². The molecule has 0 aliphatic carbocycles. The molecular weight excluding hydrogens is 296 g/mol. The largest absolute Gasteiger partial charge is 0.391 e. The van der Waals surface area contributed by atoms with Crippen molar-refractivity contribution in [1.29, 1.82) is 0 Å². The Kier molecular flexibility index (Phi) is 6.00. The Labute approximate surface area is 145 Å². The molecule has 2 unspecified atom stereocenters. The summed E-state index contributed by atoms with van der Waals surface area (Å²) in [5.41, 5.74) is 3.83. The van der Waals surface area contributed by atoms with Crippen LogP contribution in [0.5, 0.6) is 0 Å². The first-order valence-corrected chi connectivity index (χ1v) is 9.16. The van der Waals surface area contributed by atoms with Gasteiger partial charge in [-0.25, -0.2) is 0 Å². The number of aliphatic hydroxyl groups is 1. The van der Waals surface area contributed by atoms with Crippen molar-refractivity contribution in [3.05, 3.63) is 65.5 Å². The number of pyridine rings is 1. The Bertz CT molecular complexity index is 629. The zero-order valence-corrected chi connectivity index (χ0v) is 14.6. The average Bonchev–Trinajstić information content (AvgIpc) is 2.62. The van der Waals surface area contributed by atoms with Crippen molar-refractivity contribution in [3.8, 4) is 0 Å². The minimum Gasteiger partial charge on any atom is -0.391 e. The van der Waals surface area contributed by atoms with E-state index in [0.717, 1.165) is 45.2 Å². The number of piperidine rings is 1. The molecule has 3 nitrogen and oxygen atoms in total. The molecular formula is C21H28N2O. The number of aliphatic hydroxyl groups excluding tert-OH is 1. The molecule has 0 amide bonds. The molecule has 0 radical (unpaired) electrons. The highest BCUT2D eigenvalue weighted by molar-refractivity contribution is 5.20. The molecule has 1 N–H and O–H groups in total. The van der Waals surface area contributed by atoms with Crippen LogP contribution < -0.4 is 0 Å². The zero-order valence-electron chi connectivity index (χ0n) is 14.6. The summed E-state index contributed by atoms with van der Waals surface area (Å²) in [5, 5.41) is 10.6. The van der Waals surface area contributed by atoms with Gasteiger partial charge in [0.05, 0.1) is 11.8 Å². The van der Waals surface area contributed by atoms with Crippen molar-refractivity contribution in [3.63, 3.8) is 0 Å². The molecule has 1 aromatic heterocycles. The summed E-state index contributed by atoms with van der Waals surface area (Å²) in [7, 11) is 0. The van der Waals surface area contributed by atoms with Gasteiger partial charge in [0.25, 0.3) is 0 Å². The van der Waals surface area contributed by atoms with Gasteiger partial charge in [0, 0.05) is 18.8 Å². The average molecular weight is 324 g/mol. The lowest BCUT2D eigenvalue weighted by Gasteiger charge is -2.39. The quantitative estimate of drug-likeness (QED) is 0.882. The van der Waals surface area contributed by atoms with Crippen LogP contribution >= 0.6 is 0 Å². The number of hydrogen-bond donors (Lipinski definition) is 1. The predicted molar refractivity (Wildman–Crippen MR) is 97.8 cm³/mol. The van der Waals surface area contributed by atoms with E-state index >= 15 is 0 Å². The Morgan fingerprint density at radius 2 is 2.00 bits per heavy atom. The SMILES string of the molecule is CCc1cccnc1CN1CCCC(O)C1CCc1ccccc1. The van der Waals surface area contributed by atoms with Crippen molar-refractivity contribution >= 4 is 0 Å². The van der Waals surface area contributed by atoms with Crippen LogP contribution in [0.15, 0.2) is 48.7 Å². The van der Waals surface area contributed by atoms with Gasteiger partial charge < -0.3 is 5.11 Å². The summed E-state index contributed by atoms with van der Waals surface area (Å²) in [6.07, 6.45) is 6.66. The predicted octanol–water partition coefficient (Wildman–Crippen LogP) is 3.60. The maximum atomic E-state index is 10.6. The lowest BCUT2D eigenvalue weighted by atomic mass is 9.92. The van der Waals surface area contributed by atoms with E-state index in [1.54, 1.807) is 0 Å². The highest BCUT2D eigenvalue weighted by atomic mass is 16.3. The van der Waals surface area contributed by atoms with E-state index in [1.807, 2.05) is 12.3 Å². The number of hydrogen-bond acceptors (Lipinski definition) is 3. The number of rotatable bonds is 6. The number of nitrogens with zero attached hydrogens (tertiary/aromatic N) is 2. The van der Waals surface area contributed by atoms with Crippen molar-refractivity contribution in [2.75, 3.05) is 6.54 Å². The number of likely N-dealkylation sites (tertiary alicyclic amines) is 1. The minimum atomic E-state index is -0.226. The van der Waals surface area contributed by atoms with Crippen molar-refractivity contribution < 1.29 is 5.11 Å². The van der Waals surface area contributed by atoms with Crippen LogP contribution in [0.3, 0.4) is 0 Å². The van der Waals surface area contributed by atoms with Gasteiger partial charge in [-0.1, -0.05) is 43.3 Å². The van der Waals surface area contributed by atoms with Crippen LogP contribution in [-0.2, 0) is 19.4 Å². The Hall–Kier alpha value is -1.71. The number of aromatic nitrogens is 1. The molecule has 2 heterocycles. The van der Waals surface area contributed by atoms with Crippen molar-refractivity contribution in [2.24, 2.45) is 0 Å². The van der Waals surface area contributed by atoms with Crippen LogP contribution in [0.4, 0.5) is 0 Å². The maximum Gasteiger partial charge on any atom is 0.0696 e. The third kappa shape index (κ3) is 4.22. The minimum absolute atomic E-state index is 0.226. The third-order valence-electron chi connectivity index (χ3n) is 5.15. The van der Waals surface area contributed by atoms with Crippen LogP contribution in [0.1, 0.15) is 43.0 Å². The van der Waals surface area contributed by atoms with Gasteiger partial charge in [-0.3, -0.25) is 9.88 Å². The molecule has 1 aliphatic rings. The van der Waals surface area contributed by atoms with Crippen LogP contribution in [0, 0.1) is 0 Å². The van der Waals surface area contributed by atoms with Gasteiger partial charge in [0.2, 0.25) is 0 Å². The fraction of sp³-hybridized carbons (Fsp3) is 0.476. The standard InChI is InChI=1S/C21H28N2O/c1-2-18-10-6-14-22-19(18)16-23-15-7-11-21(24)20(23)13-12-17-8-4-3-5-9-17/h3-6,8-10,14,20-21,24H,2,7,11-13,15-16H2,1H3. The maximum absolute atomic E-state index is 10.6. The van der Waals surface area contributed by atoms with E-state index in [0.29, 0.717) is 0 Å². The molecule has 2 aromatic rings. The number of aryl methyl sites for hydroxylation is 2. The lowest BCUT2D eigenvalue weighted by molar-refractivity contribution is 0.00199. The van der Waals surface area contributed by atoms with Crippen LogP contribution in [0.25, 0.3) is 0 Å². The lowest BCUT2D eigenvalue weighted by Crippen LogP contribution is -2.48. The molecule has 128 valence electrons. The normalized spacial score (nSPS) is 21.8. The molecule has 0 bridgehead atoms. The van der Waals surface area contributed by atoms with E-state index in [4.69, 9.17) is 0 Å². The zero-order chi connectivity index (χ0) is 16.8. The van der Waals surface area contributed by atoms with Gasteiger partial charge in [-0.15, -0.1) is 0 Å². The monoisotopic (exact) mass is 324 g/mol. The third-order valence-corrected chi connectivity index (χ3v) is 5.15. The first-order valence-electron chi connectivity index (χ1n) is 9.16. The van der Waals surface area contributed by atoms with E-state index in [1.165, 1.54) is 16.8 Å². The van der Waals surface area contributed by atoms with Gasteiger partial charge >= 0.3 is 0 Å². The molecule has 3 heteroatoms. The fourth-order valence-corrected chi connectivity index (χ4v) is 3.76. The van der Waals surface area contributed by atoms with Gasteiger partial charge in [-0.05, 0) is 55.8 Å². The first kappa shape index (κ1) is 17.1. The molecule has 0 saturated carbocycles. The highest BCUT2D eigenvalue weighted by Gasteiger charge is 2.30. The first-order chi connectivity index (χ1) is 11.8. The summed E-state index contributed by atoms with van der Waals surface area (Å²) in [6, 6.07) is 15.0. The summed E-state index contributed by atoms with van der Waals surface area (Å²) in [5.74, 6) is 0. The summed E-state index contributed by atoms with van der Waals surface area (Å²) < 4.78 is 0. The van der Waals surface area contributed by atoms with Crippen LogP contribution in [-0.4, -0.2) is 33.7 Å². The molecule has 0 spiro atoms. The molecule has 1 aromatic carbocycles. The molecule has 1 aliphatic heterocycles. The summed E-state index contributed by atoms with van der Waals surface area (Å²) in [6.45, 7) is 4.08. The second kappa shape index (κ2) is 8.41. The van der Waals surface area contributed by atoms with E-state index < -0.39 is 0 Å². The summed E-state index contributed by atoms with van der Waals surface area (Å²) in [4.78, 5) is 7.04. The van der Waals surface area contributed by atoms with Gasteiger partial charge in [-0.2, -0.15) is 0 Å². The molecule has 24 heavy (non-hydrogen) atoms. The highest BCUT2D eigenvalue weighted by Crippen LogP contribution is 2.24. The number of benzene rings is 1. The Balaban J connectivity index is 1.69. The second-order valence-corrected chi connectivity index (χ2v) is 6.73.